The number of benzene rings is 1. The largest absolute Gasteiger partial charge is 0.504 e. The average Bonchev–Trinajstić information content (AvgIpc) is 2.81. The number of methoxy groups -OCH3 is 1. The van der Waals surface area contributed by atoms with Gasteiger partial charge in [0.25, 0.3) is 0 Å². The highest BCUT2D eigenvalue weighted by molar-refractivity contribution is 5.78. The van der Waals surface area contributed by atoms with Crippen LogP contribution in [-0.4, -0.2) is 27.2 Å². The van der Waals surface area contributed by atoms with Gasteiger partial charge in [-0.15, -0.1) is 0 Å². The first-order valence-corrected chi connectivity index (χ1v) is 5.88. The third-order valence-electron chi connectivity index (χ3n) is 2.95. The van der Waals surface area contributed by atoms with Gasteiger partial charge < -0.3 is 14.8 Å². The number of pyridine rings is 1. The molecule has 2 heterocycles. The molecule has 0 aliphatic rings. The van der Waals surface area contributed by atoms with E-state index in [9.17, 15) is 5.11 Å². The topological polar surface area (TPSA) is 71.0 Å². The fraction of sp³-hybridized carbons (Fsp3) is 0.143. The lowest BCUT2D eigenvalue weighted by Crippen LogP contribution is -1.87. The number of rotatable bonds is 2. The van der Waals surface area contributed by atoms with E-state index < -0.39 is 0 Å². The second-order valence-corrected chi connectivity index (χ2v) is 4.33. The normalized spacial score (nSPS) is 10.8. The summed E-state index contributed by atoms with van der Waals surface area (Å²) in [5.74, 6) is 1.06. The second-order valence-electron chi connectivity index (χ2n) is 4.33. The van der Waals surface area contributed by atoms with Crippen LogP contribution < -0.4 is 4.74 Å². The van der Waals surface area contributed by atoms with Crippen LogP contribution in [0.3, 0.4) is 0 Å². The van der Waals surface area contributed by atoms with Gasteiger partial charge in [-0.2, -0.15) is 0 Å². The predicted octanol–water partition coefficient (Wildman–Crippen LogP) is 2.65. The SMILES string of the molecule is COc1cccc(-c2nc3ncc(C)cc3[nH]2)c1O. The number of ether oxygens (including phenoxy) is 1. The number of H-pyrrole nitrogens is 1. The molecule has 2 aromatic heterocycles. The molecule has 0 fully saturated rings. The van der Waals surface area contributed by atoms with Crippen molar-refractivity contribution in [3.05, 3.63) is 36.0 Å². The summed E-state index contributed by atoms with van der Waals surface area (Å²) in [6.07, 6.45) is 1.76. The number of nitrogens with zero attached hydrogens (tertiary/aromatic N) is 2. The molecule has 19 heavy (non-hydrogen) atoms. The number of fused-ring (bicyclic) bond motifs is 1. The molecule has 0 unspecified atom stereocenters. The Morgan fingerprint density at radius 3 is 2.95 bits per heavy atom. The van der Waals surface area contributed by atoms with Crippen LogP contribution in [0.2, 0.25) is 0 Å². The van der Waals surface area contributed by atoms with E-state index in [1.54, 1.807) is 24.4 Å². The van der Waals surface area contributed by atoms with Gasteiger partial charge in [0.2, 0.25) is 0 Å². The molecule has 3 aromatic rings. The van der Waals surface area contributed by atoms with Crippen molar-refractivity contribution in [2.75, 3.05) is 7.11 Å². The number of aromatic nitrogens is 3. The first-order valence-electron chi connectivity index (χ1n) is 5.88. The lowest BCUT2D eigenvalue weighted by molar-refractivity contribution is 0.374. The highest BCUT2D eigenvalue weighted by Gasteiger charge is 2.13. The van der Waals surface area contributed by atoms with Gasteiger partial charge in [-0.3, -0.25) is 0 Å². The molecule has 0 bridgehead atoms. The number of phenols is 1. The molecule has 0 spiro atoms. The van der Waals surface area contributed by atoms with Gasteiger partial charge in [0, 0.05) is 6.20 Å². The van der Waals surface area contributed by atoms with E-state index in [0.29, 0.717) is 22.8 Å². The van der Waals surface area contributed by atoms with Crippen LogP contribution in [0.4, 0.5) is 0 Å². The smallest absolute Gasteiger partial charge is 0.178 e. The Kier molecular flexibility index (Phi) is 2.59. The fourth-order valence-corrected chi connectivity index (χ4v) is 2.01. The number of hydrogen-bond acceptors (Lipinski definition) is 4. The van der Waals surface area contributed by atoms with Crippen LogP contribution in [0.1, 0.15) is 5.56 Å². The minimum atomic E-state index is 0.0702. The maximum atomic E-state index is 10.1. The van der Waals surface area contributed by atoms with Gasteiger partial charge in [-0.25, -0.2) is 9.97 Å². The number of nitrogens with one attached hydrogen (secondary N) is 1. The van der Waals surface area contributed by atoms with Crippen molar-refractivity contribution in [3.63, 3.8) is 0 Å². The van der Waals surface area contributed by atoms with E-state index in [0.717, 1.165) is 11.1 Å². The number of aromatic amines is 1. The number of hydrogen-bond donors (Lipinski definition) is 2. The van der Waals surface area contributed by atoms with Gasteiger partial charge in [-0.1, -0.05) is 6.07 Å². The molecule has 0 aliphatic heterocycles. The third-order valence-corrected chi connectivity index (χ3v) is 2.95. The molecule has 2 N–H and O–H groups in total. The minimum Gasteiger partial charge on any atom is -0.504 e. The molecule has 3 rings (SSSR count). The molecule has 0 saturated carbocycles. The molecule has 5 nitrogen and oxygen atoms in total. The maximum absolute atomic E-state index is 10.1. The van der Waals surface area contributed by atoms with Gasteiger partial charge in [0.05, 0.1) is 18.2 Å². The molecular formula is C14H13N3O2. The average molecular weight is 255 g/mol. The van der Waals surface area contributed by atoms with Crippen molar-refractivity contribution in [1.82, 2.24) is 15.0 Å². The van der Waals surface area contributed by atoms with Crippen molar-refractivity contribution in [2.24, 2.45) is 0 Å². The summed E-state index contributed by atoms with van der Waals surface area (Å²) in [5.41, 5.74) is 3.12. The van der Waals surface area contributed by atoms with Gasteiger partial charge in [0.15, 0.2) is 17.1 Å². The summed E-state index contributed by atoms with van der Waals surface area (Å²) in [6.45, 7) is 1.97. The predicted molar refractivity (Wildman–Crippen MR) is 72.3 cm³/mol. The lowest BCUT2D eigenvalue weighted by atomic mass is 10.2. The maximum Gasteiger partial charge on any atom is 0.178 e. The zero-order chi connectivity index (χ0) is 13.4. The second kappa shape index (κ2) is 4.28. The van der Waals surface area contributed by atoms with E-state index in [1.807, 2.05) is 13.0 Å². The lowest BCUT2D eigenvalue weighted by Gasteiger charge is -2.06. The summed E-state index contributed by atoms with van der Waals surface area (Å²) in [4.78, 5) is 11.8. The van der Waals surface area contributed by atoms with Gasteiger partial charge >= 0.3 is 0 Å². The van der Waals surface area contributed by atoms with Gasteiger partial charge in [0.1, 0.15) is 5.82 Å². The monoisotopic (exact) mass is 255 g/mol. The van der Waals surface area contributed by atoms with Crippen LogP contribution in [0.15, 0.2) is 30.5 Å². The van der Waals surface area contributed by atoms with Crippen molar-refractivity contribution < 1.29 is 9.84 Å². The molecule has 1 aromatic carbocycles. The number of aryl methyl sites for hydroxylation is 1. The number of imidazole rings is 1. The summed E-state index contributed by atoms with van der Waals surface area (Å²) in [7, 11) is 1.52. The summed E-state index contributed by atoms with van der Waals surface area (Å²) in [5, 5.41) is 10.1. The molecular weight excluding hydrogens is 242 g/mol. The van der Waals surface area contributed by atoms with Gasteiger partial charge in [-0.05, 0) is 30.7 Å². The first kappa shape index (κ1) is 11.5. The molecule has 0 aliphatic carbocycles. The van der Waals surface area contributed by atoms with E-state index in [1.165, 1.54) is 7.11 Å². The molecule has 0 amide bonds. The number of phenolic OH excluding ortho intramolecular Hbond substituents is 1. The Labute approximate surface area is 109 Å². The first-order chi connectivity index (χ1) is 9.19. The zero-order valence-electron chi connectivity index (χ0n) is 10.6. The minimum absolute atomic E-state index is 0.0702. The Balaban J connectivity index is 2.19. The van der Waals surface area contributed by atoms with Crippen LogP contribution in [0, 0.1) is 6.92 Å². The van der Waals surface area contributed by atoms with E-state index in [2.05, 4.69) is 15.0 Å². The van der Waals surface area contributed by atoms with Crippen LogP contribution in [0.25, 0.3) is 22.6 Å². The Bertz CT molecular complexity index is 750. The van der Waals surface area contributed by atoms with Crippen molar-refractivity contribution in [2.45, 2.75) is 6.92 Å². The van der Waals surface area contributed by atoms with Crippen LogP contribution in [0.5, 0.6) is 11.5 Å². The van der Waals surface area contributed by atoms with Crippen LogP contribution in [-0.2, 0) is 0 Å². The molecule has 0 radical (unpaired) electrons. The molecule has 0 atom stereocenters. The summed E-state index contributed by atoms with van der Waals surface area (Å²) in [6, 6.07) is 7.25. The highest BCUT2D eigenvalue weighted by Crippen LogP contribution is 2.35. The standard InChI is InChI=1S/C14H13N3O2/c1-8-6-10-14(15-7-8)17-13(16-10)9-4-3-5-11(19-2)12(9)18/h3-7,18H,1-2H3,(H,15,16,17). The van der Waals surface area contributed by atoms with E-state index in [-0.39, 0.29) is 5.75 Å². The Morgan fingerprint density at radius 2 is 2.16 bits per heavy atom. The van der Waals surface area contributed by atoms with Crippen molar-refractivity contribution in [3.8, 4) is 22.9 Å². The fourth-order valence-electron chi connectivity index (χ4n) is 2.01. The molecule has 5 heteroatoms. The Hall–Kier alpha value is -2.56. The quantitative estimate of drug-likeness (QED) is 0.738. The zero-order valence-corrected chi connectivity index (χ0v) is 10.6. The summed E-state index contributed by atoms with van der Waals surface area (Å²) >= 11 is 0. The molecule has 96 valence electrons. The molecule has 0 saturated heterocycles. The van der Waals surface area contributed by atoms with Crippen molar-refractivity contribution >= 4 is 11.2 Å². The summed E-state index contributed by atoms with van der Waals surface area (Å²) < 4.78 is 5.09. The third kappa shape index (κ3) is 1.89. The van der Waals surface area contributed by atoms with Crippen LogP contribution >= 0.6 is 0 Å². The number of aromatic hydroxyl groups is 1. The number of para-hydroxylation sites is 1. The Morgan fingerprint density at radius 1 is 1.32 bits per heavy atom. The highest BCUT2D eigenvalue weighted by atomic mass is 16.5. The van der Waals surface area contributed by atoms with E-state index in [4.69, 9.17) is 4.74 Å². The van der Waals surface area contributed by atoms with Crippen molar-refractivity contribution in [1.29, 1.82) is 0 Å². The van der Waals surface area contributed by atoms with E-state index >= 15 is 0 Å².